The minimum Gasteiger partial charge on any atom is -0.384 e. The Morgan fingerprint density at radius 1 is 1.04 bits per heavy atom. The molecule has 0 spiro atoms. The first-order chi connectivity index (χ1) is 11.7. The second kappa shape index (κ2) is 5.88. The van der Waals surface area contributed by atoms with Crippen molar-refractivity contribution in [1.82, 2.24) is 14.4 Å². The van der Waals surface area contributed by atoms with Crippen LogP contribution in [0.3, 0.4) is 0 Å². The van der Waals surface area contributed by atoms with E-state index < -0.39 is 11.6 Å². The Morgan fingerprint density at radius 2 is 1.92 bits per heavy atom. The number of nitrogens with one attached hydrogen (secondary N) is 1. The van der Waals surface area contributed by atoms with Gasteiger partial charge in [0.15, 0.2) is 0 Å². The molecule has 4 aromatic rings. The average molecular weight is 324 g/mol. The van der Waals surface area contributed by atoms with Crippen LogP contribution in [0.2, 0.25) is 0 Å². The summed E-state index contributed by atoms with van der Waals surface area (Å²) in [6, 6.07) is 9.67. The molecular weight excluding hydrogens is 310 g/mol. The van der Waals surface area contributed by atoms with Crippen LogP contribution in [0.15, 0.2) is 55.0 Å². The molecule has 3 heterocycles. The monoisotopic (exact) mass is 324 g/mol. The maximum absolute atomic E-state index is 14.1. The summed E-state index contributed by atoms with van der Waals surface area (Å²) in [6.45, 7) is 0.555. The van der Waals surface area contributed by atoms with Crippen LogP contribution < -0.4 is 5.32 Å². The zero-order valence-corrected chi connectivity index (χ0v) is 12.7. The Hall–Kier alpha value is -3.02. The van der Waals surface area contributed by atoms with Crippen molar-refractivity contribution in [1.29, 1.82) is 0 Å². The van der Waals surface area contributed by atoms with Crippen LogP contribution in [0.4, 0.5) is 14.5 Å². The van der Waals surface area contributed by atoms with Gasteiger partial charge in [0, 0.05) is 37.2 Å². The molecule has 1 aromatic carbocycles. The third-order valence-electron chi connectivity index (χ3n) is 3.90. The number of pyridine rings is 2. The molecule has 4 rings (SSSR count). The van der Waals surface area contributed by atoms with Gasteiger partial charge >= 0.3 is 0 Å². The van der Waals surface area contributed by atoms with E-state index in [4.69, 9.17) is 0 Å². The Morgan fingerprint density at radius 3 is 2.79 bits per heavy atom. The molecule has 120 valence electrons. The number of nitrogens with zero attached hydrogens (tertiary/aromatic N) is 3. The Bertz CT molecular complexity index is 993. The van der Waals surface area contributed by atoms with Crippen molar-refractivity contribution in [2.75, 3.05) is 11.9 Å². The summed E-state index contributed by atoms with van der Waals surface area (Å²) >= 11 is 0. The fourth-order valence-electron chi connectivity index (χ4n) is 2.77. The van der Waals surface area contributed by atoms with Gasteiger partial charge in [0.25, 0.3) is 0 Å². The summed E-state index contributed by atoms with van der Waals surface area (Å²) in [5.74, 6) is -1.02. The fourth-order valence-corrected chi connectivity index (χ4v) is 2.77. The maximum atomic E-state index is 14.1. The number of imidazole rings is 1. The molecule has 0 radical (unpaired) electrons. The molecule has 0 unspecified atom stereocenters. The Kier molecular flexibility index (Phi) is 3.57. The summed E-state index contributed by atoms with van der Waals surface area (Å²) in [6.07, 6.45) is 6.04. The molecule has 0 aliphatic rings. The van der Waals surface area contributed by atoms with Crippen LogP contribution in [-0.2, 0) is 6.42 Å². The maximum Gasteiger partial charge on any atom is 0.149 e. The van der Waals surface area contributed by atoms with Gasteiger partial charge in [-0.15, -0.1) is 0 Å². The normalized spacial score (nSPS) is 11.2. The topological polar surface area (TPSA) is 42.2 Å². The van der Waals surface area contributed by atoms with Crippen molar-refractivity contribution in [2.24, 2.45) is 0 Å². The van der Waals surface area contributed by atoms with Crippen molar-refractivity contribution >= 4 is 22.2 Å². The number of hydrogen-bond acceptors (Lipinski definition) is 3. The molecule has 0 saturated carbocycles. The van der Waals surface area contributed by atoms with E-state index in [1.165, 1.54) is 6.20 Å². The largest absolute Gasteiger partial charge is 0.384 e. The van der Waals surface area contributed by atoms with Gasteiger partial charge in [-0.05, 0) is 30.3 Å². The lowest BCUT2D eigenvalue weighted by molar-refractivity contribution is 0.615. The van der Waals surface area contributed by atoms with Gasteiger partial charge in [0.1, 0.15) is 22.8 Å². The van der Waals surface area contributed by atoms with Crippen molar-refractivity contribution in [3.05, 3.63) is 72.3 Å². The van der Waals surface area contributed by atoms with E-state index in [1.807, 2.05) is 35.0 Å². The average Bonchev–Trinajstić information content (AvgIpc) is 3.01. The van der Waals surface area contributed by atoms with Gasteiger partial charge in [0.05, 0.1) is 11.1 Å². The number of aromatic nitrogens is 3. The fraction of sp³-hybridized carbons (Fsp3) is 0.111. The lowest BCUT2D eigenvalue weighted by atomic mass is 10.1. The molecule has 0 saturated heterocycles. The highest BCUT2D eigenvalue weighted by Gasteiger charge is 2.11. The minimum atomic E-state index is -0.532. The van der Waals surface area contributed by atoms with E-state index in [2.05, 4.69) is 15.3 Å². The van der Waals surface area contributed by atoms with E-state index in [-0.39, 0.29) is 10.9 Å². The minimum absolute atomic E-state index is 0.0349. The highest BCUT2D eigenvalue weighted by Crippen LogP contribution is 2.26. The molecule has 24 heavy (non-hydrogen) atoms. The SMILES string of the molecule is Fc1ccc(F)c2c(NCCc3cn4ccccc4n3)ccnc12. The van der Waals surface area contributed by atoms with Gasteiger partial charge in [-0.1, -0.05) is 6.07 Å². The molecular formula is C18H14F2N4. The van der Waals surface area contributed by atoms with Crippen LogP contribution >= 0.6 is 0 Å². The van der Waals surface area contributed by atoms with Gasteiger partial charge < -0.3 is 9.72 Å². The van der Waals surface area contributed by atoms with Crippen LogP contribution in [-0.4, -0.2) is 20.9 Å². The molecule has 0 amide bonds. The zero-order valence-electron chi connectivity index (χ0n) is 12.7. The summed E-state index contributed by atoms with van der Waals surface area (Å²) < 4.78 is 29.8. The van der Waals surface area contributed by atoms with E-state index >= 15 is 0 Å². The Labute approximate surface area is 136 Å². The summed E-state index contributed by atoms with van der Waals surface area (Å²) in [4.78, 5) is 8.44. The second-order valence-corrected chi connectivity index (χ2v) is 5.49. The van der Waals surface area contributed by atoms with E-state index in [0.29, 0.717) is 18.7 Å². The van der Waals surface area contributed by atoms with Gasteiger partial charge in [0.2, 0.25) is 0 Å². The van der Waals surface area contributed by atoms with Gasteiger partial charge in [-0.3, -0.25) is 4.98 Å². The zero-order chi connectivity index (χ0) is 16.5. The highest BCUT2D eigenvalue weighted by molar-refractivity contribution is 5.91. The lowest BCUT2D eigenvalue weighted by Crippen LogP contribution is -2.06. The summed E-state index contributed by atoms with van der Waals surface area (Å²) in [7, 11) is 0. The quantitative estimate of drug-likeness (QED) is 0.620. The third-order valence-corrected chi connectivity index (χ3v) is 3.90. The number of hydrogen-bond donors (Lipinski definition) is 1. The molecule has 0 aliphatic heterocycles. The molecule has 0 aliphatic carbocycles. The molecule has 3 aromatic heterocycles. The van der Waals surface area contributed by atoms with Crippen LogP contribution in [0.25, 0.3) is 16.6 Å². The predicted molar refractivity (Wildman–Crippen MR) is 89.0 cm³/mol. The van der Waals surface area contributed by atoms with Crippen molar-refractivity contribution in [2.45, 2.75) is 6.42 Å². The number of fused-ring (bicyclic) bond motifs is 2. The second-order valence-electron chi connectivity index (χ2n) is 5.49. The summed E-state index contributed by atoms with van der Waals surface area (Å²) in [5.41, 5.74) is 2.38. The number of benzene rings is 1. The first-order valence-electron chi connectivity index (χ1n) is 7.61. The third kappa shape index (κ3) is 2.56. The lowest BCUT2D eigenvalue weighted by Gasteiger charge is -2.09. The first kappa shape index (κ1) is 14.6. The predicted octanol–water partition coefficient (Wildman–Crippen LogP) is 3.82. The van der Waals surface area contributed by atoms with Crippen LogP contribution in [0.1, 0.15) is 5.69 Å². The van der Waals surface area contributed by atoms with E-state index in [1.54, 1.807) is 6.07 Å². The smallest absolute Gasteiger partial charge is 0.149 e. The molecule has 4 nitrogen and oxygen atoms in total. The molecule has 0 fully saturated rings. The van der Waals surface area contributed by atoms with E-state index in [9.17, 15) is 8.78 Å². The molecule has 0 bridgehead atoms. The van der Waals surface area contributed by atoms with Gasteiger partial charge in [-0.2, -0.15) is 0 Å². The Balaban J connectivity index is 1.56. The summed E-state index contributed by atoms with van der Waals surface area (Å²) in [5, 5.41) is 3.33. The number of halogens is 2. The molecule has 0 atom stereocenters. The van der Waals surface area contributed by atoms with Crippen molar-refractivity contribution in [3.8, 4) is 0 Å². The van der Waals surface area contributed by atoms with Crippen molar-refractivity contribution in [3.63, 3.8) is 0 Å². The molecule has 6 heteroatoms. The number of rotatable bonds is 4. The van der Waals surface area contributed by atoms with Crippen LogP contribution in [0, 0.1) is 11.6 Å². The van der Waals surface area contributed by atoms with Gasteiger partial charge in [-0.25, -0.2) is 13.8 Å². The molecule has 1 N–H and O–H groups in total. The first-order valence-corrected chi connectivity index (χ1v) is 7.61. The van der Waals surface area contributed by atoms with E-state index in [0.717, 1.165) is 23.5 Å². The standard InChI is InChI=1S/C18H14F2N4/c19-13-4-5-14(20)18-17(13)15(7-9-22-18)21-8-6-12-11-24-10-2-1-3-16(24)23-12/h1-5,7,9-11H,6,8H2,(H,21,22). The number of anilines is 1. The van der Waals surface area contributed by atoms with Crippen LogP contribution in [0.5, 0.6) is 0 Å². The van der Waals surface area contributed by atoms with Crippen molar-refractivity contribution < 1.29 is 8.78 Å². The highest BCUT2D eigenvalue weighted by atomic mass is 19.1.